The quantitative estimate of drug-likeness (QED) is 0.0219. The minimum atomic E-state index is -1.76. The maximum atomic E-state index is 15.3. The molecule has 35 heteroatoms. The van der Waals surface area contributed by atoms with Crippen LogP contribution in [0.25, 0.3) is 10.9 Å². The zero-order valence-corrected chi connectivity index (χ0v) is 58.8. The van der Waals surface area contributed by atoms with Crippen molar-refractivity contribution in [2.75, 3.05) is 103 Å². The number of aromatic amines is 1. The molecule has 4 aromatic rings. The van der Waals surface area contributed by atoms with E-state index in [0.29, 0.717) is 40.4 Å². The van der Waals surface area contributed by atoms with Crippen molar-refractivity contribution < 1.29 is 93.3 Å². The average Bonchev–Trinajstić information content (AvgIpc) is 1.63. The molecule has 6 rings (SSSR count). The Balaban J connectivity index is 0.00000455. The molecule has 2 aliphatic rings. The molecule has 560 valence electrons. The summed E-state index contributed by atoms with van der Waals surface area (Å²) in [6.07, 6.45) is -1.04. The molecule has 0 bridgehead atoms. The van der Waals surface area contributed by atoms with Gasteiger partial charge in [-0.05, 0) is 62.4 Å². The van der Waals surface area contributed by atoms with Gasteiger partial charge in [-0.25, -0.2) is 0 Å². The van der Waals surface area contributed by atoms with Gasteiger partial charge in [-0.2, -0.15) is 0 Å². The molecule has 2 aliphatic heterocycles. The van der Waals surface area contributed by atoms with Crippen LogP contribution >= 0.6 is 21.6 Å². The Bertz CT molecular complexity index is 3380. The van der Waals surface area contributed by atoms with E-state index in [1.807, 2.05) is 12.1 Å². The second-order valence-corrected chi connectivity index (χ2v) is 27.3. The van der Waals surface area contributed by atoms with Crippen molar-refractivity contribution in [2.45, 2.75) is 120 Å². The van der Waals surface area contributed by atoms with Gasteiger partial charge in [-0.3, -0.25) is 77.1 Å². The average molecular weight is 1470 g/mol. The number of unbranched alkanes of at least 4 members (excludes halogenated alkanes) is 1. The lowest BCUT2D eigenvalue weighted by Gasteiger charge is -2.33. The summed E-state index contributed by atoms with van der Waals surface area (Å²) in [6, 6.07) is 12.5. The molecule has 0 unspecified atom stereocenters. The van der Waals surface area contributed by atoms with Gasteiger partial charge in [0, 0.05) is 107 Å². The number of aromatic nitrogens is 1. The molecule has 33 nitrogen and oxygen atoms in total. The van der Waals surface area contributed by atoms with Gasteiger partial charge in [0.25, 0.3) is 5.97 Å². The summed E-state index contributed by atoms with van der Waals surface area (Å²) in [4.78, 5) is 172. The second kappa shape index (κ2) is 43.9. The van der Waals surface area contributed by atoms with Crippen LogP contribution in [0.4, 0.5) is 0 Å². The van der Waals surface area contributed by atoms with Crippen LogP contribution in [-0.4, -0.2) is 295 Å². The first-order valence-corrected chi connectivity index (χ1v) is 35.8. The van der Waals surface area contributed by atoms with E-state index >= 15 is 14.4 Å². The molecule has 10 atom stereocenters. The fourth-order valence-corrected chi connectivity index (χ4v) is 13.4. The number of carbonyl (C=O) groups is 12. The number of carbonyl (C=O) groups excluding carboxylic acids is 8. The van der Waals surface area contributed by atoms with E-state index in [2.05, 4.69) is 47.5 Å². The van der Waals surface area contributed by atoms with E-state index in [-0.39, 0.29) is 103 Å². The number of aliphatic hydroxyl groups is 3. The smallest absolute Gasteiger partial charge is 0.317 e. The number of rotatable bonds is 26. The number of nitrogens with two attached hydrogens (primary N) is 1. The summed E-state index contributed by atoms with van der Waals surface area (Å²) in [6.45, 7) is 2.34. The molecule has 0 spiro atoms. The van der Waals surface area contributed by atoms with Gasteiger partial charge in [-0.15, -0.1) is 0 Å². The van der Waals surface area contributed by atoms with Gasteiger partial charge in [0.2, 0.25) is 47.3 Å². The molecule has 2 saturated heterocycles. The summed E-state index contributed by atoms with van der Waals surface area (Å²) in [5.74, 6) is -12.0. The highest BCUT2D eigenvalue weighted by Crippen LogP contribution is 2.25. The van der Waals surface area contributed by atoms with Crippen LogP contribution in [0, 0.1) is 0 Å². The van der Waals surface area contributed by atoms with E-state index in [0.717, 1.165) is 28.5 Å². The Morgan fingerprint density at radius 2 is 1.06 bits per heavy atom. The minimum absolute atomic E-state index is 0.0330. The van der Waals surface area contributed by atoms with Crippen LogP contribution in [0.2, 0.25) is 0 Å². The highest BCUT2D eigenvalue weighted by molar-refractivity contribution is 8.76. The normalized spacial score (nSPS) is 21.5. The SMILES string of the molecule is CC(=O)O.C[C@@H](O)[C@@H]1NC(=O)[C@H](CCCCN)NC(=O)[C@@H](Cc2c[nH]c3ccccc23)NC(=O)[C@H](Cc2ccccc2)NC(=O)[C@@H](NC(=O)[C@@H](Cc2ccccc2)NC(=O)CN2CCN(CC(=O)O)CCN(CC(=O)O)CCN(CC(=O)O)CC2)CSSC[C@@H](C(=O)N[C@H](CO)[C@@H](C)O)NC1=O. The summed E-state index contributed by atoms with van der Waals surface area (Å²) >= 11 is 0. The number of aliphatic hydroxyl groups excluding tert-OH is 3. The fraction of sp³-hybridized carbons (Fsp3) is 0.522. The van der Waals surface area contributed by atoms with Gasteiger partial charge in [0.05, 0.1) is 51.0 Å². The number of carboxylic acid groups (broad SMARTS) is 4. The molecular weight excluding hydrogens is 1370 g/mol. The van der Waals surface area contributed by atoms with Gasteiger partial charge < -0.3 is 89.0 Å². The molecule has 0 radical (unpaired) electrons. The van der Waals surface area contributed by atoms with Crippen molar-refractivity contribution in [3.05, 3.63) is 108 Å². The second-order valence-electron chi connectivity index (χ2n) is 24.8. The molecule has 3 heterocycles. The Morgan fingerprint density at radius 1 is 0.578 bits per heavy atom. The number of benzene rings is 3. The zero-order chi connectivity index (χ0) is 74.8. The van der Waals surface area contributed by atoms with Crippen LogP contribution < -0.4 is 48.3 Å². The predicted octanol–water partition coefficient (Wildman–Crippen LogP) is -3.08. The van der Waals surface area contributed by atoms with Crippen LogP contribution in [0.15, 0.2) is 91.1 Å². The number of nitrogens with zero attached hydrogens (tertiary/aromatic N) is 4. The van der Waals surface area contributed by atoms with E-state index < -0.39 is 158 Å². The maximum Gasteiger partial charge on any atom is 0.317 e. The summed E-state index contributed by atoms with van der Waals surface area (Å²) in [7, 11) is 1.86. The maximum absolute atomic E-state index is 15.3. The Morgan fingerprint density at radius 3 is 1.58 bits per heavy atom. The molecule has 0 aliphatic carbocycles. The number of nitrogens with one attached hydrogen (secondary N) is 9. The molecule has 0 saturated carbocycles. The third kappa shape index (κ3) is 30.0. The summed E-state index contributed by atoms with van der Waals surface area (Å²) in [5.41, 5.74) is 8.27. The summed E-state index contributed by atoms with van der Waals surface area (Å²) < 4.78 is 0. The lowest BCUT2D eigenvalue weighted by atomic mass is 10.0. The lowest BCUT2D eigenvalue weighted by Crippen LogP contribution is -2.62. The van der Waals surface area contributed by atoms with Crippen LogP contribution in [-0.2, 0) is 76.8 Å². The number of hydrogen-bond donors (Lipinski definition) is 17. The van der Waals surface area contributed by atoms with E-state index in [1.165, 1.54) is 13.8 Å². The predicted molar refractivity (Wildman–Crippen MR) is 378 cm³/mol. The van der Waals surface area contributed by atoms with Crippen LogP contribution in [0.5, 0.6) is 0 Å². The number of fused-ring (bicyclic) bond motifs is 1. The van der Waals surface area contributed by atoms with E-state index in [4.69, 9.17) is 15.6 Å². The minimum Gasteiger partial charge on any atom is -0.481 e. The Hall–Kier alpha value is -8.78. The van der Waals surface area contributed by atoms with Crippen molar-refractivity contribution in [1.29, 1.82) is 0 Å². The Labute approximate surface area is 598 Å². The lowest BCUT2D eigenvalue weighted by molar-refractivity contribution is -0.140. The third-order valence-electron chi connectivity index (χ3n) is 16.5. The van der Waals surface area contributed by atoms with E-state index in [9.17, 15) is 69.0 Å². The number of H-pyrrole nitrogens is 1. The van der Waals surface area contributed by atoms with Crippen molar-refractivity contribution in [2.24, 2.45) is 5.73 Å². The standard InChI is InChI=1S/C65H92N14O17S2.C2H4O2/c1-40(81)51(37-80)72-64(95)53-39-98-97-38-52(73-60(91)48(29-42-13-5-3-6-14-42)68-54(83)33-76-21-23-77(34-55(84)85)25-27-79(36-57(88)89)28-26-78(24-22-76)35-56(86)87)63(94)70-49(30-43-15-7-4-8-16-43)61(92)71-50(31-44-32-67-46-18-10-9-17-45(44)46)62(93)69-47(19-11-12-20-66)59(90)75-58(41(2)82)65(96)74-53;1-2(3)4/h3-10,13-18,32,40-41,47-53,58,67,80-82H,11-12,19-31,33-39,66H2,1-2H3,(H,68,83)(H,69,93)(H,70,94)(H,71,92)(H,72,95)(H,73,91)(H,74,96)(H,75,90)(H,84,85)(H,86,87)(H,88,89);1H3,(H,3,4)/t40-,41-,47+,48-,49+,50-,51-,52+,53+,58+;/m1./s1. The zero-order valence-electron chi connectivity index (χ0n) is 57.2. The first kappa shape index (κ1) is 83.9. The first-order chi connectivity index (χ1) is 48.6. The van der Waals surface area contributed by atoms with Crippen LogP contribution in [0.3, 0.4) is 0 Å². The molecule has 2 fully saturated rings. The van der Waals surface area contributed by atoms with Gasteiger partial charge in [-0.1, -0.05) is 100 Å². The molecular formula is C67H96N14O19S2. The third-order valence-corrected chi connectivity index (χ3v) is 18.9. The molecule has 102 heavy (non-hydrogen) atoms. The fourth-order valence-electron chi connectivity index (χ4n) is 11.0. The highest BCUT2D eigenvalue weighted by Gasteiger charge is 2.37. The van der Waals surface area contributed by atoms with Crippen molar-refractivity contribution in [1.82, 2.24) is 67.1 Å². The first-order valence-electron chi connectivity index (χ1n) is 33.3. The number of carboxylic acids is 4. The molecule has 1 aromatic heterocycles. The number of aliphatic carboxylic acids is 4. The number of amides is 8. The monoisotopic (exact) mass is 1460 g/mol. The van der Waals surface area contributed by atoms with Crippen LogP contribution in [0.1, 0.15) is 56.7 Å². The highest BCUT2D eigenvalue weighted by atomic mass is 33.1. The van der Waals surface area contributed by atoms with Crippen molar-refractivity contribution in [3.63, 3.8) is 0 Å². The largest absolute Gasteiger partial charge is 0.481 e. The topological polar surface area (TPSA) is 497 Å². The van der Waals surface area contributed by atoms with Crippen molar-refractivity contribution in [3.8, 4) is 0 Å². The molecule has 8 amide bonds. The number of para-hydroxylation sites is 1. The van der Waals surface area contributed by atoms with Gasteiger partial charge in [0.1, 0.15) is 42.3 Å². The van der Waals surface area contributed by atoms with Crippen molar-refractivity contribution >= 4 is 104 Å². The molecule has 3 aromatic carbocycles. The summed E-state index contributed by atoms with van der Waals surface area (Å²) in [5, 5.41) is 90.6. The molecule has 18 N–H and O–H groups in total. The van der Waals surface area contributed by atoms with E-state index in [1.54, 1.807) is 98.6 Å². The number of hydrogen-bond acceptors (Lipinski definition) is 22. The Kier molecular flexibility index (Phi) is 36.1. The van der Waals surface area contributed by atoms with Gasteiger partial charge >= 0.3 is 17.9 Å². The van der Waals surface area contributed by atoms with Gasteiger partial charge in [0.15, 0.2) is 0 Å².